The standard InChI is InChI=1S/C20H20N2O3/c1-24-18-5-4-14-10-16(3-2-15(14)11-18)19-13-22(8-9-25-19)20(23)17-6-7-21-12-17/h2-7,10-12,19,21H,8-9,13H2,1H3/t19-/m1/s1. The van der Waals surface area contributed by atoms with Crippen LogP contribution in [0, 0.1) is 0 Å². The van der Waals surface area contributed by atoms with Crippen LogP contribution in [0.4, 0.5) is 0 Å². The molecule has 25 heavy (non-hydrogen) atoms. The monoisotopic (exact) mass is 336 g/mol. The van der Waals surface area contributed by atoms with Crippen LogP contribution in [0.1, 0.15) is 22.0 Å². The number of aromatic nitrogens is 1. The summed E-state index contributed by atoms with van der Waals surface area (Å²) in [7, 11) is 1.67. The smallest absolute Gasteiger partial charge is 0.255 e. The van der Waals surface area contributed by atoms with Crippen LogP contribution >= 0.6 is 0 Å². The number of fused-ring (bicyclic) bond motifs is 1. The lowest BCUT2D eigenvalue weighted by molar-refractivity contribution is -0.0227. The van der Waals surface area contributed by atoms with Gasteiger partial charge in [0.05, 0.1) is 25.8 Å². The number of nitrogens with zero attached hydrogens (tertiary/aromatic N) is 1. The molecule has 3 aromatic rings. The first-order valence-corrected chi connectivity index (χ1v) is 8.36. The summed E-state index contributed by atoms with van der Waals surface area (Å²) >= 11 is 0. The molecule has 0 unspecified atom stereocenters. The molecule has 128 valence electrons. The van der Waals surface area contributed by atoms with Crippen molar-refractivity contribution in [1.82, 2.24) is 9.88 Å². The van der Waals surface area contributed by atoms with Gasteiger partial charge in [-0.25, -0.2) is 0 Å². The van der Waals surface area contributed by atoms with Crippen LogP contribution in [-0.4, -0.2) is 42.6 Å². The Morgan fingerprint density at radius 2 is 2.04 bits per heavy atom. The van der Waals surface area contributed by atoms with E-state index < -0.39 is 0 Å². The number of ether oxygens (including phenoxy) is 2. The van der Waals surface area contributed by atoms with E-state index in [1.54, 1.807) is 25.6 Å². The average Bonchev–Trinajstić information content (AvgIpc) is 3.21. The van der Waals surface area contributed by atoms with E-state index in [0.717, 1.165) is 22.1 Å². The number of carbonyl (C=O) groups excluding carboxylic acids is 1. The molecule has 5 heteroatoms. The highest BCUT2D eigenvalue weighted by Crippen LogP contribution is 2.28. The zero-order valence-electron chi connectivity index (χ0n) is 14.1. The molecule has 1 atom stereocenters. The van der Waals surface area contributed by atoms with Crippen molar-refractivity contribution in [3.8, 4) is 5.75 Å². The Morgan fingerprint density at radius 3 is 2.84 bits per heavy atom. The zero-order chi connectivity index (χ0) is 17.2. The van der Waals surface area contributed by atoms with Gasteiger partial charge in [-0.05, 0) is 40.6 Å². The summed E-state index contributed by atoms with van der Waals surface area (Å²) in [6.07, 6.45) is 3.39. The summed E-state index contributed by atoms with van der Waals surface area (Å²) < 4.78 is 11.2. The molecule has 5 nitrogen and oxygen atoms in total. The molecule has 2 aromatic carbocycles. The maximum Gasteiger partial charge on any atom is 0.255 e. The molecule has 0 bridgehead atoms. The SMILES string of the molecule is COc1ccc2cc([C@H]3CN(C(=O)c4cc[nH]c4)CCO3)ccc2c1. The third kappa shape index (κ3) is 3.10. The van der Waals surface area contributed by atoms with Gasteiger partial charge in [-0.1, -0.05) is 18.2 Å². The van der Waals surface area contributed by atoms with E-state index >= 15 is 0 Å². The number of rotatable bonds is 3. The van der Waals surface area contributed by atoms with Gasteiger partial charge < -0.3 is 19.4 Å². The van der Waals surface area contributed by atoms with E-state index in [1.807, 2.05) is 23.1 Å². The lowest BCUT2D eigenvalue weighted by Crippen LogP contribution is -2.42. The fraction of sp³-hybridized carbons (Fsp3) is 0.250. The van der Waals surface area contributed by atoms with Gasteiger partial charge in [0.15, 0.2) is 0 Å². The number of aromatic amines is 1. The minimum atomic E-state index is -0.108. The Hall–Kier alpha value is -2.79. The number of amides is 1. The molecule has 1 aliphatic rings. The van der Waals surface area contributed by atoms with E-state index in [1.165, 1.54) is 0 Å². The number of morpholine rings is 1. The Morgan fingerprint density at radius 1 is 1.20 bits per heavy atom. The molecule has 0 radical (unpaired) electrons. The van der Waals surface area contributed by atoms with E-state index in [0.29, 0.717) is 25.3 Å². The molecule has 1 aromatic heterocycles. The molecular formula is C20H20N2O3. The van der Waals surface area contributed by atoms with Crippen molar-refractivity contribution in [3.05, 3.63) is 66.0 Å². The third-order valence-electron chi connectivity index (χ3n) is 4.64. The van der Waals surface area contributed by atoms with Crippen LogP contribution in [0.25, 0.3) is 10.8 Å². The summed E-state index contributed by atoms with van der Waals surface area (Å²) in [5.74, 6) is 0.887. The number of carbonyl (C=O) groups is 1. The second kappa shape index (κ2) is 6.61. The van der Waals surface area contributed by atoms with Crippen LogP contribution in [0.3, 0.4) is 0 Å². The Labute approximate surface area is 146 Å². The molecule has 1 aliphatic heterocycles. The first-order chi connectivity index (χ1) is 12.2. The van der Waals surface area contributed by atoms with Gasteiger partial charge in [0, 0.05) is 18.9 Å². The number of H-pyrrole nitrogens is 1. The highest BCUT2D eigenvalue weighted by Gasteiger charge is 2.26. The Balaban J connectivity index is 1.56. The second-order valence-corrected chi connectivity index (χ2v) is 6.18. The van der Waals surface area contributed by atoms with Crippen LogP contribution in [0.5, 0.6) is 5.75 Å². The molecule has 0 aliphatic carbocycles. The molecular weight excluding hydrogens is 316 g/mol. The fourth-order valence-corrected chi connectivity index (χ4v) is 3.24. The van der Waals surface area contributed by atoms with Crippen molar-refractivity contribution in [3.63, 3.8) is 0 Å². The molecule has 0 saturated carbocycles. The zero-order valence-corrected chi connectivity index (χ0v) is 14.1. The maximum absolute atomic E-state index is 12.6. The van der Waals surface area contributed by atoms with Gasteiger partial charge in [0.25, 0.3) is 5.91 Å². The summed E-state index contributed by atoms with van der Waals surface area (Å²) in [5.41, 5.74) is 1.77. The van der Waals surface area contributed by atoms with Crippen LogP contribution in [-0.2, 0) is 4.74 Å². The van der Waals surface area contributed by atoms with E-state index in [2.05, 4.69) is 23.2 Å². The maximum atomic E-state index is 12.6. The fourth-order valence-electron chi connectivity index (χ4n) is 3.24. The van der Waals surface area contributed by atoms with Gasteiger partial charge in [0.2, 0.25) is 0 Å². The van der Waals surface area contributed by atoms with E-state index in [4.69, 9.17) is 9.47 Å². The number of hydrogen-bond donors (Lipinski definition) is 1. The topological polar surface area (TPSA) is 54.6 Å². The first kappa shape index (κ1) is 15.7. The number of methoxy groups -OCH3 is 1. The van der Waals surface area contributed by atoms with Crippen molar-refractivity contribution >= 4 is 16.7 Å². The average molecular weight is 336 g/mol. The highest BCUT2D eigenvalue weighted by molar-refractivity contribution is 5.94. The summed E-state index contributed by atoms with van der Waals surface area (Å²) in [5, 5.41) is 2.26. The molecule has 1 amide bonds. The molecule has 4 rings (SSSR count). The van der Waals surface area contributed by atoms with Crippen LogP contribution < -0.4 is 4.74 Å². The second-order valence-electron chi connectivity index (χ2n) is 6.18. The minimum absolute atomic E-state index is 0.0417. The molecule has 2 heterocycles. The van der Waals surface area contributed by atoms with Gasteiger partial charge in [0.1, 0.15) is 11.9 Å². The predicted octanol–water partition coefficient (Wildman–Crippen LogP) is 3.39. The molecule has 1 fully saturated rings. The largest absolute Gasteiger partial charge is 0.497 e. The van der Waals surface area contributed by atoms with Gasteiger partial charge in [-0.15, -0.1) is 0 Å². The number of hydrogen-bond acceptors (Lipinski definition) is 3. The van der Waals surface area contributed by atoms with Gasteiger partial charge in [-0.2, -0.15) is 0 Å². The van der Waals surface area contributed by atoms with E-state index in [-0.39, 0.29) is 12.0 Å². The number of nitrogens with one attached hydrogen (secondary N) is 1. The van der Waals surface area contributed by atoms with Gasteiger partial charge in [-0.3, -0.25) is 4.79 Å². The van der Waals surface area contributed by atoms with Crippen molar-refractivity contribution < 1.29 is 14.3 Å². The molecule has 1 N–H and O–H groups in total. The van der Waals surface area contributed by atoms with Crippen molar-refractivity contribution in [2.24, 2.45) is 0 Å². The first-order valence-electron chi connectivity index (χ1n) is 8.36. The van der Waals surface area contributed by atoms with Crippen molar-refractivity contribution in [2.45, 2.75) is 6.10 Å². The molecule has 0 spiro atoms. The lowest BCUT2D eigenvalue weighted by atomic mass is 10.0. The quantitative estimate of drug-likeness (QED) is 0.798. The third-order valence-corrected chi connectivity index (χ3v) is 4.64. The Bertz CT molecular complexity index is 889. The van der Waals surface area contributed by atoms with Crippen molar-refractivity contribution in [1.29, 1.82) is 0 Å². The van der Waals surface area contributed by atoms with Crippen molar-refractivity contribution in [2.75, 3.05) is 26.8 Å². The normalized spacial score (nSPS) is 17.6. The predicted molar refractivity (Wildman–Crippen MR) is 95.9 cm³/mol. The summed E-state index contributed by atoms with van der Waals surface area (Å²) in [6.45, 7) is 1.72. The lowest BCUT2D eigenvalue weighted by Gasteiger charge is -2.33. The number of benzene rings is 2. The molecule has 1 saturated heterocycles. The van der Waals surface area contributed by atoms with Crippen LogP contribution in [0.2, 0.25) is 0 Å². The minimum Gasteiger partial charge on any atom is -0.497 e. The van der Waals surface area contributed by atoms with Gasteiger partial charge >= 0.3 is 0 Å². The summed E-state index contributed by atoms with van der Waals surface area (Å²) in [4.78, 5) is 17.3. The summed E-state index contributed by atoms with van der Waals surface area (Å²) in [6, 6.07) is 14.1. The van der Waals surface area contributed by atoms with E-state index in [9.17, 15) is 4.79 Å². The highest BCUT2D eigenvalue weighted by atomic mass is 16.5. The van der Waals surface area contributed by atoms with Crippen LogP contribution in [0.15, 0.2) is 54.9 Å². The Kier molecular flexibility index (Phi) is 4.15.